The Morgan fingerprint density at radius 2 is 1.73 bits per heavy atom. The second-order valence-electron chi connectivity index (χ2n) is 4.28. The zero-order valence-corrected chi connectivity index (χ0v) is 10.0. The third kappa shape index (κ3) is 4.15. The standard InChI is InChI=1S/C10H21Br/c1-6-8(2)10(4,5)7-9(3)11/h8-9H,6-7H2,1-5H3. The lowest BCUT2D eigenvalue weighted by Crippen LogP contribution is -2.23. The van der Waals surface area contributed by atoms with Gasteiger partial charge in [0.15, 0.2) is 0 Å². The van der Waals surface area contributed by atoms with Crippen LogP contribution in [-0.4, -0.2) is 4.83 Å². The van der Waals surface area contributed by atoms with E-state index in [0.717, 1.165) is 5.92 Å². The Labute approximate surface area is 79.9 Å². The van der Waals surface area contributed by atoms with Gasteiger partial charge in [-0.3, -0.25) is 0 Å². The van der Waals surface area contributed by atoms with Crippen LogP contribution in [0.5, 0.6) is 0 Å². The van der Waals surface area contributed by atoms with E-state index in [0.29, 0.717) is 10.2 Å². The fraction of sp³-hybridized carbons (Fsp3) is 1.00. The highest BCUT2D eigenvalue weighted by Crippen LogP contribution is 2.35. The molecule has 1 heteroatoms. The third-order valence-corrected chi connectivity index (χ3v) is 3.08. The van der Waals surface area contributed by atoms with E-state index in [2.05, 4.69) is 50.5 Å². The molecule has 0 N–H and O–H groups in total. The topological polar surface area (TPSA) is 0 Å². The molecule has 0 spiro atoms. The van der Waals surface area contributed by atoms with Gasteiger partial charge in [-0.1, -0.05) is 57.0 Å². The Hall–Kier alpha value is 0.480. The molecule has 0 radical (unpaired) electrons. The van der Waals surface area contributed by atoms with Crippen LogP contribution in [0.4, 0.5) is 0 Å². The quantitative estimate of drug-likeness (QED) is 0.623. The number of rotatable bonds is 4. The molecule has 2 atom stereocenters. The smallest absolute Gasteiger partial charge is 0.0122 e. The molecule has 2 unspecified atom stereocenters. The molecule has 0 bridgehead atoms. The van der Waals surface area contributed by atoms with Crippen LogP contribution >= 0.6 is 15.9 Å². The molecule has 0 fully saturated rings. The monoisotopic (exact) mass is 220 g/mol. The highest BCUT2D eigenvalue weighted by Gasteiger charge is 2.25. The Balaban J connectivity index is 3.98. The second kappa shape index (κ2) is 4.49. The summed E-state index contributed by atoms with van der Waals surface area (Å²) in [6, 6.07) is 0. The van der Waals surface area contributed by atoms with Gasteiger partial charge in [-0.15, -0.1) is 0 Å². The summed E-state index contributed by atoms with van der Waals surface area (Å²) in [7, 11) is 0. The van der Waals surface area contributed by atoms with Crippen molar-refractivity contribution >= 4 is 15.9 Å². The first-order valence-electron chi connectivity index (χ1n) is 4.54. The van der Waals surface area contributed by atoms with Gasteiger partial charge in [-0.25, -0.2) is 0 Å². The van der Waals surface area contributed by atoms with Crippen molar-refractivity contribution in [1.82, 2.24) is 0 Å². The molecule has 0 rings (SSSR count). The predicted molar refractivity (Wildman–Crippen MR) is 56.2 cm³/mol. The summed E-state index contributed by atoms with van der Waals surface area (Å²) < 4.78 is 0. The van der Waals surface area contributed by atoms with Crippen molar-refractivity contribution in [1.29, 1.82) is 0 Å². The van der Waals surface area contributed by atoms with Crippen molar-refractivity contribution in [3.63, 3.8) is 0 Å². The van der Waals surface area contributed by atoms with Gasteiger partial charge in [-0.05, 0) is 17.8 Å². The average molecular weight is 221 g/mol. The van der Waals surface area contributed by atoms with Crippen molar-refractivity contribution in [2.24, 2.45) is 11.3 Å². The summed E-state index contributed by atoms with van der Waals surface area (Å²) in [6.45, 7) is 11.6. The first-order chi connectivity index (χ1) is 4.90. The number of halogens is 1. The molecule has 0 aliphatic heterocycles. The SMILES string of the molecule is CCC(C)C(C)(C)CC(C)Br. The minimum absolute atomic E-state index is 0.484. The van der Waals surface area contributed by atoms with Gasteiger partial charge in [-0.2, -0.15) is 0 Å². The lowest BCUT2D eigenvalue weighted by molar-refractivity contribution is 0.208. The molecule has 0 aromatic heterocycles. The van der Waals surface area contributed by atoms with E-state index >= 15 is 0 Å². The first-order valence-corrected chi connectivity index (χ1v) is 5.45. The van der Waals surface area contributed by atoms with Crippen molar-refractivity contribution in [3.8, 4) is 0 Å². The van der Waals surface area contributed by atoms with Crippen LogP contribution in [0.1, 0.15) is 47.5 Å². The minimum atomic E-state index is 0.484. The number of hydrogen-bond acceptors (Lipinski definition) is 0. The molecule has 0 aromatic rings. The van der Waals surface area contributed by atoms with Gasteiger partial charge >= 0.3 is 0 Å². The van der Waals surface area contributed by atoms with Gasteiger partial charge < -0.3 is 0 Å². The third-order valence-electron chi connectivity index (χ3n) is 2.75. The summed E-state index contributed by atoms with van der Waals surface area (Å²) in [6.07, 6.45) is 2.55. The van der Waals surface area contributed by atoms with Crippen LogP contribution < -0.4 is 0 Å². The van der Waals surface area contributed by atoms with E-state index in [1.54, 1.807) is 0 Å². The lowest BCUT2D eigenvalue weighted by atomic mass is 9.75. The van der Waals surface area contributed by atoms with Crippen LogP contribution in [0.15, 0.2) is 0 Å². The van der Waals surface area contributed by atoms with Gasteiger partial charge in [0.1, 0.15) is 0 Å². The van der Waals surface area contributed by atoms with Crippen molar-refractivity contribution in [3.05, 3.63) is 0 Å². The van der Waals surface area contributed by atoms with E-state index in [1.165, 1.54) is 12.8 Å². The molecule has 68 valence electrons. The molecule has 11 heavy (non-hydrogen) atoms. The van der Waals surface area contributed by atoms with Crippen molar-refractivity contribution < 1.29 is 0 Å². The second-order valence-corrected chi connectivity index (χ2v) is 5.85. The maximum atomic E-state index is 3.61. The Bertz CT molecular complexity index is 105. The van der Waals surface area contributed by atoms with E-state index in [9.17, 15) is 0 Å². The van der Waals surface area contributed by atoms with E-state index in [-0.39, 0.29) is 0 Å². The Kier molecular flexibility index (Phi) is 4.69. The lowest BCUT2D eigenvalue weighted by Gasteiger charge is -2.32. The predicted octanol–water partition coefficient (Wildman–Crippen LogP) is 4.23. The number of hydrogen-bond donors (Lipinski definition) is 0. The summed E-state index contributed by atoms with van der Waals surface area (Å²) in [5.74, 6) is 0.822. The van der Waals surface area contributed by atoms with Crippen LogP contribution in [0, 0.1) is 11.3 Å². The molecule has 0 aromatic carbocycles. The molecular weight excluding hydrogens is 200 g/mol. The molecule has 0 saturated carbocycles. The normalized spacial score (nSPS) is 18.0. The molecular formula is C10H21Br. The van der Waals surface area contributed by atoms with E-state index in [1.807, 2.05) is 0 Å². The van der Waals surface area contributed by atoms with Gasteiger partial charge in [0.05, 0.1) is 0 Å². The number of alkyl halides is 1. The molecule has 0 aliphatic rings. The van der Waals surface area contributed by atoms with E-state index in [4.69, 9.17) is 0 Å². The van der Waals surface area contributed by atoms with Crippen LogP contribution in [0.25, 0.3) is 0 Å². The molecule has 0 nitrogen and oxygen atoms in total. The summed E-state index contributed by atoms with van der Waals surface area (Å²) >= 11 is 3.61. The highest BCUT2D eigenvalue weighted by atomic mass is 79.9. The van der Waals surface area contributed by atoms with Gasteiger partial charge in [0.2, 0.25) is 0 Å². The van der Waals surface area contributed by atoms with Gasteiger partial charge in [0, 0.05) is 4.83 Å². The fourth-order valence-electron chi connectivity index (χ4n) is 1.48. The minimum Gasteiger partial charge on any atom is -0.0893 e. The molecule has 0 saturated heterocycles. The largest absolute Gasteiger partial charge is 0.0893 e. The van der Waals surface area contributed by atoms with Crippen molar-refractivity contribution in [2.75, 3.05) is 0 Å². The van der Waals surface area contributed by atoms with Crippen LogP contribution in [-0.2, 0) is 0 Å². The Morgan fingerprint density at radius 3 is 2.00 bits per heavy atom. The summed E-state index contributed by atoms with van der Waals surface area (Å²) in [5.41, 5.74) is 0.484. The van der Waals surface area contributed by atoms with E-state index < -0.39 is 0 Å². The Morgan fingerprint density at radius 1 is 1.27 bits per heavy atom. The average Bonchev–Trinajstić information content (AvgIpc) is 1.83. The van der Waals surface area contributed by atoms with Crippen molar-refractivity contribution in [2.45, 2.75) is 52.3 Å². The maximum absolute atomic E-state index is 3.61. The molecule has 0 aliphatic carbocycles. The first kappa shape index (κ1) is 11.5. The summed E-state index contributed by atoms with van der Waals surface area (Å²) in [4.78, 5) is 0.645. The fourth-order valence-corrected chi connectivity index (χ4v) is 2.31. The summed E-state index contributed by atoms with van der Waals surface area (Å²) in [5, 5.41) is 0. The zero-order chi connectivity index (χ0) is 9.07. The van der Waals surface area contributed by atoms with Crippen LogP contribution in [0.3, 0.4) is 0 Å². The highest BCUT2D eigenvalue weighted by molar-refractivity contribution is 9.09. The maximum Gasteiger partial charge on any atom is 0.0122 e. The molecule has 0 heterocycles. The van der Waals surface area contributed by atoms with Gasteiger partial charge in [0.25, 0.3) is 0 Å². The zero-order valence-electron chi connectivity index (χ0n) is 8.45. The molecule has 0 amide bonds. The van der Waals surface area contributed by atoms with Crippen LogP contribution in [0.2, 0.25) is 0 Å².